The maximum Gasteiger partial charge on any atom is 0.426 e. The molecular weight excluding hydrogens is 301 g/mol. The van der Waals surface area contributed by atoms with Crippen LogP contribution in [-0.4, -0.2) is 37.0 Å². The van der Waals surface area contributed by atoms with Gasteiger partial charge in [0.2, 0.25) is 6.10 Å². The summed E-state index contributed by atoms with van der Waals surface area (Å²) in [5, 5.41) is 0. The average molecular weight is 312 g/mol. The molecule has 1 rings (SSSR count). The molecule has 0 heterocycles. The molecule has 5 nitrogen and oxygen atoms in total. The second-order valence-corrected chi connectivity index (χ2v) is 5.50. The van der Waals surface area contributed by atoms with Gasteiger partial charge in [0.05, 0.1) is 5.56 Å². The SMILES string of the molecule is Cc1ccccc1C(=O)OC(CS(=O)(=O)O)C(F)(F)F. The molecule has 0 amide bonds. The third-order valence-electron chi connectivity index (χ3n) is 2.34. The smallest absolute Gasteiger partial charge is 0.426 e. The Kier molecular flexibility index (Phi) is 4.77. The largest absolute Gasteiger partial charge is 0.448 e. The summed E-state index contributed by atoms with van der Waals surface area (Å²) in [4.78, 5) is 11.6. The lowest BCUT2D eigenvalue weighted by Crippen LogP contribution is -2.39. The number of aryl methyl sites for hydroxylation is 1. The van der Waals surface area contributed by atoms with Crippen LogP contribution in [0.25, 0.3) is 0 Å². The molecule has 1 unspecified atom stereocenters. The maximum absolute atomic E-state index is 12.6. The first kappa shape index (κ1) is 16.4. The Balaban J connectivity index is 2.97. The number of benzene rings is 1. The van der Waals surface area contributed by atoms with Crippen molar-refractivity contribution in [3.8, 4) is 0 Å². The Labute approximate surface area is 113 Å². The van der Waals surface area contributed by atoms with Crippen LogP contribution < -0.4 is 0 Å². The summed E-state index contributed by atoms with van der Waals surface area (Å²) in [5.74, 6) is -3.05. The van der Waals surface area contributed by atoms with E-state index < -0.39 is 34.1 Å². The van der Waals surface area contributed by atoms with Crippen LogP contribution in [0.3, 0.4) is 0 Å². The normalized spacial score (nSPS) is 13.8. The lowest BCUT2D eigenvalue weighted by molar-refractivity contribution is -0.197. The molecule has 0 aliphatic carbocycles. The Bertz CT molecular complexity index is 594. The van der Waals surface area contributed by atoms with E-state index in [2.05, 4.69) is 4.74 Å². The molecule has 20 heavy (non-hydrogen) atoms. The third kappa shape index (κ3) is 4.82. The number of hydrogen-bond donors (Lipinski definition) is 1. The molecule has 1 N–H and O–H groups in total. The van der Waals surface area contributed by atoms with Crippen molar-refractivity contribution in [3.05, 3.63) is 35.4 Å². The lowest BCUT2D eigenvalue weighted by atomic mass is 10.1. The summed E-state index contributed by atoms with van der Waals surface area (Å²) in [6, 6.07) is 5.74. The van der Waals surface area contributed by atoms with E-state index >= 15 is 0 Å². The number of rotatable bonds is 4. The van der Waals surface area contributed by atoms with Gasteiger partial charge in [0.1, 0.15) is 5.75 Å². The summed E-state index contributed by atoms with van der Waals surface area (Å²) < 4.78 is 71.4. The number of ether oxygens (including phenoxy) is 1. The second-order valence-electron chi connectivity index (χ2n) is 4.00. The van der Waals surface area contributed by atoms with Crippen molar-refractivity contribution < 1.29 is 35.7 Å². The highest BCUT2D eigenvalue weighted by Crippen LogP contribution is 2.25. The first-order valence-corrected chi connectivity index (χ1v) is 6.90. The topological polar surface area (TPSA) is 80.7 Å². The number of carbonyl (C=O) groups is 1. The van der Waals surface area contributed by atoms with E-state index in [1.165, 1.54) is 25.1 Å². The van der Waals surface area contributed by atoms with Crippen LogP contribution in [0.2, 0.25) is 0 Å². The van der Waals surface area contributed by atoms with Crippen LogP contribution in [0.5, 0.6) is 0 Å². The fraction of sp³-hybridized carbons (Fsp3) is 0.364. The number of alkyl halides is 3. The molecule has 0 aliphatic heterocycles. The van der Waals surface area contributed by atoms with Crippen molar-refractivity contribution in [1.29, 1.82) is 0 Å². The van der Waals surface area contributed by atoms with Crippen LogP contribution >= 0.6 is 0 Å². The maximum atomic E-state index is 12.6. The van der Waals surface area contributed by atoms with Crippen LogP contribution in [0.4, 0.5) is 13.2 Å². The van der Waals surface area contributed by atoms with Gasteiger partial charge in [-0.3, -0.25) is 4.55 Å². The first-order valence-electron chi connectivity index (χ1n) is 5.29. The van der Waals surface area contributed by atoms with Gasteiger partial charge in [-0.1, -0.05) is 18.2 Å². The van der Waals surface area contributed by atoms with E-state index in [9.17, 15) is 26.4 Å². The lowest BCUT2D eigenvalue weighted by Gasteiger charge is -2.19. The van der Waals surface area contributed by atoms with Crippen molar-refractivity contribution in [3.63, 3.8) is 0 Å². The minimum Gasteiger partial charge on any atom is -0.448 e. The van der Waals surface area contributed by atoms with E-state index in [1.54, 1.807) is 6.07 Å². The van der Waals surface area contributed by atoms with E-state index in [-0.39, 0.29) is 5.56 Å². The molecule has 1 atom stereocenters. The molecule has 0 spiro atoms. The first-order chi connectivity index (χ1) is 9.00. The quantitative estimate of drug-likeness (QED) is 0.679. The zero-order valence-corrected chi connectivity index (χ0v) is 11.0. The van der Waals surface area contributed by atoms with Gasteiger partial charge in [-0.25, -0.2) is 4.79 Å². The van der Waals surface area contributed by atoms with Crippen molar-refractivity contribution >= 4 is 16.1 Å². The number of halogens is 3. The highest BCUT2D eigenvalue weighted by Gasteiger charge is 2.45. The summed E-state index contributed by atoms with van der Waals surface area (Å²) in [6.45, 7) is 1.49. The predicted octanol–water partition coefficient (Wildman–Crippen LogP) is 1.97. The molecule has 1 aromatic carbocycles. The molecule has 0 bridgehead atoms. The Morgan fingerprint density at radius 3 is 2.35 bits per heavy atom. The van der Waals surface area contributed by atoms with Gasteiger partial charge in [0, 0.05) is 0 Å². The summed E-state index contributed by atoms with van der Waals surface area (Å²) in [7, 11) is -4.94. The molecule has 1 aromatic rings. The molecule has 0 saturated heterocycles. The van der Waals surface area contributed by atoms with Gasteiger partial charge >= 0.3 is 12.1 Å². The predicted molar refractivity (Wildman–Crippen MR) is 62.9 cm³/mol. The van der Waals surface area contributed by atoms with Gasteiger partial charge in [0.15, 0.2) is 0 Å². The van der Waals surface area contributed by atoms with E-state index in [0.29, 0.717) is 5.56 Å². The third-order valence-corrected chi connectivity index (χ3v) is 3.07. The molecule has 0 saturated carbocycles. The van der Waals surface area contributed by atoms with Crippen molar-refractivity contribution in [1.82, 2.24) is 0 Å². The van der Waals surface area contributed by atoms with Gasteiger partial charge in [-0.2, -0.15) is 21.6 Å². The van der Waals surface area contributed by atoms with Gasteiger partial charge in [0.25, 0.3) is 10.1 Å². The molecule has 0 fully saturated rings. The van der Waals surface area contributed by atoms with Crippen molar-refractivity contribution in [2.75, 3.05) is 5.75 Å². The van der Waals surface area contributed by atoms with E-state index in [4.69, 9.17) is 4.55 Å². The summed E-state index contributed by atoms with van der Waals surface area (Å²) in [5.41, 5.74) is 0.266. The average Bonchev–Trinajstić information content (AvgIpc) is 2.25. The van der Waals surface area contributed by atoms with Gasteiger partial charge in [-0.05, 0) is 18.6 Å². The fourth-order valence-electron chi connectivity index (χ4n) is 1.38. The molecule has 112 valence electrons. The van der Waals surface area contributed by atoms with E-state index in [1.807, 2.05) is 0 Å². The number of hydrogen-bond acceptors (Lipinski definition) is 4. The zero-order valence-electron chi connectivity index (χ0n) is 10.2. The standard InChI is InChI=1S/C11H11F3O5S/c1-7-4-2-3-5-8(7)10(15)19-9(11(12,13)14)6-20(16,17)18/h2-5,9H,6H2,1H3,(H,16,17,18). The van der Waals surface area contributed by atoms with Crippen molar-refractivity contribution in [2.45, 2.75) is 19.2 Å². The molecule has 0 aromatic heterocycles. The van der Waals surface area contributed by atoms with Gasteiger partial charge < -0.3 is 4.74 Å². The van der Waals surface area contributed by atoms with E-state index in [0.717, 1.165) is 0 Å². The zero-order chi connectivity index (χ0) is 15.6. The molecular formula is C11H11F3O5S. The Morgan fingerprint density at radius 1 is 1.35 bits per heavy atom. The minimum absolute atomic E-state index is 0.114. The summed E-state index contributed by atoms with van der Waals surface area (Å²) in [6.07, 6.45) is -8.03. The Hall–Kier alpha value is -1.61. The molecule has 9 heteroatoms. The number of esters is 1. The Morgan fingerprint density at radius 2 is 1.90 bits per heavy atom. The molecule has 0 aliphatic rings. The summed E-state index contributed by atoms with van der Waals surface area (Å²) >= 11 is 0. The second kappa shape index (κ2) is 5.80. The fourth-order valence-corrected chi connectivity index (χ4v) is 2.02. The molecule has 0 radical (unpaired) electrons. The van der Waals surface area contributed by atoms with Crippen LogP contribution in [0.15, 0.2) is 24.3 Å². The van der Waals surface area contributed by atoms with Crippen LogP contribution in [-0.2, 0) is 14.9 Å². The number of carbonyl (C=O) groups excluding carboxylic acids is 1. The minimum atomic E-state index is -5.10. The highest BCUT2D eigenvalue weighted by atomic mass is 32.2. The monoisotopic (exact) mass is 312 g/mol. The van der Waals surface area contributed by atoms with Crippen molar-refractivity contribution in [2.24, 2.45) is 0 Å². The van der Waals surface area contributed by atoms with Crippen LogP contribution in [0, 0.1) is 6.92 Å². The highest BCUT2D eigenvalue weighted by molar-refractivity contribution is 7.85. The van der Waals surface area contributed by atoms with Gasteiger partial charge in [-0.15, -0.1) is 0 Å². The van der Waals surface area contributed by atoms with Crippen LogP contribution in [0.1, 0.15) is 15.9 Å².